The van der Waals surface area contributed by atoms with E-state index in [-0.39, 0.29) is 36.5 Å². The van der Waals surface area contributed by atoms with Crippen LogP contribution in [0, 0.1) is 0 Å². The molecule has 31 heavy (non-hydrogen) atoms. The first-order valence-electron chi connectivity index (χ1n) is 10.1. The zero-order valence-corrected chi connectivity index (χ0v) is 17.7. The molecule has 0 atom stereocenters. The summed E-state index contributed by atoms with van der Waals surface area (Å²) in [4.78, 5) is 25.6. The lowest BCUT2D eigenvalue weighted by Gasteiger charge is -2.34. The van der Waals surface area contributed by atoms with Gasteiger partial charge in [-0.25, -0.2) is 13.2 Å². The van der Waals surface area contributed by atoms with Gasteiger partial charge in [-0.3, -0.25) is 4.79 Å². The van der Waals surface area contributed by atoms with E-state index in [0.29, 0.717) is 31.1 Å². The molecule has 9 nitrogen and oxygen atoms in total. The maximum atomic E-state index is 13.0. The normalized spacial score (nSPS) is 16.8. The van der Waals surface area contributed by atoms with Gasteiger partial charge in [0.25, 0.3) is 5.91 Å². The van der Waals surface area contributed by atoms with Gasteiger partial charge in [0.1, 0.15) is 5.75 Å². The Hall–Kier alpha value is -3.11. The number of ether oxygens (including phenoxy) is 1. The largest absolute Gasteiger partial charge is 0.482 e. The van der Waals surface area contributed by atoms with Crippen molar-refractivity contribution < 1.29 is 22.7 Å². The van der Waals surface area contributed by atoms with Gasteiger partial charge in [0.2, 0.25) is 10.0 Å². The second kappa shape index (κ2) is 8.94. The summed E-state index contributed by atoms with van der Waals surface area (Å²) in [7, 11) is -3.75. The maximum absolute atomic E-state index is 13.0. The smallest absolute Gasteiger partial charge is 0.317 e. The fraction of sp³-hybridized carbons (Fsp3) is 0.333. The quantitative estimate of drug-likeness (QED) is 0.722. The zero-order chi connectivity index (χ0) is 21.8. The van der Waals surface area contributed by atoms with E-state index in [1.54, 1.807) is 4.90 Å². The van der Waals surface area contributed by atoms with Gasteiger partial charge in [-0.2, -0.15) is 4.31 Å². The Labute approximate surface area is 181 Å². The summed E-state index contributed by atoms with van der Waals surface area (Å²) in [6.07, 6.45) is 0.736. The molecule has 10 heteroatoms. The molecule has 1 saturated heterocycles. The van der Waals surface area contributed by atoms with Crippen LogP contribution in [-0.2, 0) is 21.2 Å². The number of amides is 3. The van der Waals surface area contributed by atoms with Crippen molar-refractivity contribution in [1.29, 1.82) is 0 Å². The molecule has 2 aliphatic heterocycles. The van der Waals surface area contributed by atoms with Crippen molar-refractivity contribution >= 4 is 27.6 Å². The minimum Gasteiger partial charge on any atom is -0.482 e. The van der Waals surface area contributed by atoms with Gasteiger partial charge in [0, 0.05) is 32.7 Å². The lowest BCUT2D eigenvalue weighted by Crippen LogP contribution is -2.53. The Bertz CT molecular complexity index is 1070. The van der Waals surface area contributed by atoms with Crippen molar-refractivity contribution in [2.24, 2.45) is 0 Å². The third kappa shape index (κ3) is 4.80. The predicted molar refractivity (Wildman–Crippen MR) is 114 cm³/mol. The molecule has 2 heterocycles. The first kappa shape index (κ1) is 21.1. The average molecular weight is 445 g/mol. The summed E-state index contributed by atoms with van der Waals surface area (Å²) in [5.41, 5.74) is 1.49. The van der Waals surface area contributed by atoms with E-state index in [1.807, 2.05) is 30.3 Å². The molecule has 0 saturated carbocycles. The highest BCUT2D eigenvalue weighted by atomic mass is 32.2. The van der Waals surface area contributed by atoms with Crippen LogP contribution < -0.4 is 15.4 Å². The lowest BCUT2D eigenvalue weighted by molar-refractivity contribution is -0.118. The van der Waals surface area contributed by atoms with Gasteiger partial charge in [0.05, 0.1) is 10.6 Å². The molecule has 0 bridgehead atoms. The van der Waals surface area contributed by atoms with Crippen LogP contribution >= 0.6 is 0 Å². The monoisotopic (exact) mass is 444 g/mol. The summed E-state index contributed by atoms with van der Waals surface area (Å²) in [5, 5.41) is 5.51. The summed E-state index contributed by atoms with van der Waals surface area (Å²) < 4.78 is 32.7. The average Bonchev–Trinajstić information content (AvgIpc) is 2.79. The minimum absolute atomic E-state index is 0.0813. The van der Waals surface area contributed by atoms with E-state index in [0.717, 1.165) is 12.0 Å². The molecule has 0 spiro atoms. The van der Waals surface area contributed by atoms with Gasteiger partial charge < -0.3 is 20.3 Å². The van der Waals surface area contributed by atoms with Crippen molar-refractivity contribution in [3.8, 4) is 5.75 Å². The second-order valence-electron chi connectivity index (χ2n) is 7.35. The molecule has 2 N–H and O–H groups in total. The first-order chi connectivity index (χ1) is 14.9. The number of urea groups is 1. The second-order valence-corrected chi connectivity index (χ2v) is 9.29. The topological polar surface area (TPSA) is 108 Å². The van der Waals surface area contributed by atoms with E-state index < -0.39 is 10.0 Å². The van der Waals surface area contributed by atoms with Crippen molar-refractivity contribution in [2.45, 2.75) is 11.3 Å². The molecule has 0 aromatic heterocycles. The number of benzene rings is 2. The predicted octanol–water partition coefficient (Wildman–Crippen LogP) is 1.28. The Morgan fingerprint density at radius 2 is 1.81 bits per heavy atom. The maximum Gasteiger partial charge on any atom is 0.317 e. The number of fused-ring (bicyclic) bond motifs is 1. The third-order valence-electron chi connectivity index (χ3n) is 5.28. The number of nitrogens with zero attached hydrogens (tertiary/aromatic N) is 2. The Kier molecular flexibility index (Phi) is 6.10. The fourth-order valence-corrected chi connectivity index (χ4v) is 5.02. The van der Waals surface area contributed by atoms with E-state index >= 15 is 0 Å². The number of rotatable bonds is 5. The van der Waals surface area contributed by atoms with Crippen LogP contribution in [0.25, 0.3) is 0 Å². The van der Waals surface area contributed by atoms with E-state index in [4.69, 9.17) is 4.74 Å². The highest BCUT2D eigenvalue weighted by molar-refractivity contribution is 7.89. The third-order valence-corrected chi connectivity index (χ3v) is 7.17. The van der Waals surface area contributed by atoms with Crippen molar-refractivity contribution in [3.05, 3.63) is 54.1 Å². The summed E-state index contributed by atoms with van der Waals surface area (Å²) in [5.74, 6) is 0.115. The number of piperazine rings is 1. The van der Waals surface area contributed by atoms with Gasteiger partial charge in [0.15, 0.2) is 6.61 Å². The SMILES string of the molecule is O=C1COc2ccc(S(=O)(=O)N3CCN(C(=O)NCCc4ccccc4)CC3)cc2N1. The number of hydrogen-bond acceptors (Lipinski definition) is 5. The van der Waals surface area contributed by atoms with Crippen LogP contribution in [0.5, 0.6) is 5.75 Å². The van der Waals surface area contributed by atoms with Crippen LogP contribution in [0.15, 0.2) is 53.4 Å². The zero-order valence-electron chi connectivity index (χ0n) is 16.9. The van der Waals surface area contributed by atoms with Crippen molar-refractivity contribution in [1.82, 2.24) is 14.5 Å². The number of nitrogens with one attached hydrogen (secondary N) is 2. The Morgan fingerprint density at radius 1 is 1.06 bits per heavy atom. The van der Waals surface area contributed by atoms with Crippen molar-refractivity contribution in [3.63, 3.8) is 0 Å². The van der Waals surface area contributed by atoms with Crippen LogP contribution in [0.3, 0.4) is 0 Å². The number of carbonyl (C=O) groups excluding carboxylic acids is 2. The molecular weight excluding hydrogens is 420 g/mol. The summed E-state index contributed by atoms with van der Waals surface area (Å²) in [6, 6.07) is 14.1. The Balaban J connectivity index is 1.32. The van der Waals surface area contributed by atoms with Crippen molar-refractivity contribution in [2.75, 3.05) is 44.6 Å². The van der Waals surface area contributed by atoms with Gasteiger partial charge in [-0.15, -0.1) is 0 Å². The standard InChI is InChI=1S/C21H24N4O5S/c26-20-15-30-19-7-6-17(14-18(19)23-20)31(28,29)25-12-10-24(11-13-25)21(27)22-9-8-16-4-2-1-3-5-16/h1-7,14H,8-13,15H2,(H,22,27)(H,23,26). The summed E-state index contributed by atoms with van der Waals surface area (Å²) in [6.45, 7) is 1.45. The summed E-state index contributed by atoms with van der Waals surface area (Å²) >= 11 is 0. The molecule has 3 amide bonds. The lowest BCUT2D eigenvalue weighted by atomic mass is 10.1. The van der Waals surface area contributed by atoms with Gasteiger partial charge >= 0.3 is 6.03 Å². The number of sulfonamides is 1. The van der Waals surface area contributed by atoms with E-state index in [9.17, 15) is 18.0 Å². The van der Waals surface area contributed by atoms with Crippen LogP contribution in [0.4, 0.5) is 10.5 Å². The highest BCUT2D eigenvalue weighted by Gasteiger charge is 2.31. The molecular formula is C21H24N4O5S. The fourth-order valence-electron chi connectivity index (χ4n) is 3.57. The molecule has 164 valence electrons. The van der Waals surface area contributed by atoms with Gasteiger partial charge in [-0.05, 0) is 30.2 Å². The van der Waals surface area contributed by atoms with E-state index in [2.05, 4.69) is 10.6 Å². The molecule has 0 aliphatic carbocycles. The van der Waals surface area contributed by atoms with Crippen LogP contribution in [-0.4, -0.2) is 68.9 Å². The molecule has 0 radical (unpaired) electrons. The molecule has 0 unspecified atom stereocenters. The van der Waals surface area contributed by atoms with Gasteiger partial charge in [-0.1, -0.05) is 30.3 Å². The molecule has 2 aliphatic rings. The molecule has 1 fully saturated rings. The highest BCUT2D eigenvalue weighted by Crippen LogP contribution is 2.31. The first-order valence-corrected chi connectivity index (χ1v) is 11.5. The molecule has 2 aromatic rings. The van der Waals surface area contributed by atoms with Crippen LogP contribution in [0.1, 0.15) is 5.56 Å². The molecule has 4 rings (SSSR count). The Morgan fingerprint density at radius 3 is 2.55 bits per heavy atom. The van der Waals surface area contributed by atoms with E-state index in [1.165, 1.54) is 22.5 Å². The van der Waals surface area contributed by atoms with Crippen LogP contribution in [0.2, 0.25) is 0 Å². The number of anilines is 1. The number of carbonyl (C=O) groups is 2. The molecule has 2 aromatic carbocycles. The number of hydrogen-bond donors (Lipinski definition) is 2. The minimum atomic E-state index is -3.75.